The molecule has 0 saturated carbocycles. The standard InChI is InChI=1S/C7H11O3P/c1-4-5-10-7(8)6-11(2,3)9/h1H,5-6H2,2-3H3. The van der Waals surface area contributed by atoms with E-state index in [4.69, 9.17) is 6.42 Å². The lowest BCUT2D eigenvalue weighted by atomic mass is 10.7. The number of carbonyl (C=O) groups excluding carboxylic acids is 1. The van der Waals surface area contributed by atoms with Crippen LogP contribution >= 0.6 is 7.14 Å². The van der Waals surface area contributed by atoms with Crippen molar-refractivity contribution < 1.29 is 14.1 Å². The fourth-order valence-corrected chi connectivity index (χ4v) is 1.19. The molecular weight excluding hydrogens is 163 g/mol. The van der Waals surface area contributed by atoms with Crippen molar-refractivity contribution in [1.82, 2.24) is 0 Å². The summed E-state index contributed by atoms with van der Waals surface area (Å²) >= 11 is 0. The quantitative estimate of drug-likeness (QED) is 0.361. The molecule has 0 aliphatic carbocycles. The summed E-state index contributed by atoms with van der Waals surface area (Å²) in [7, 11) is -2.31. The Bertz CT molecular complexity index is 220. The van der Waals surface area contributed by atoms with Gasteiger partial charge >= 0.3 is 5.97 Å². The molecule has 0 aromatic carbocycles. The van der Waals surface area contributed by atoms with Crippen LogP contribution in [0.3, 0.4) is 0 Å². The van der Waals surface area contributed by atoms with E-state index in [2.05, 4.69) is 10.7 Å². The van der Waals surface area contributed by atoms with E-state index in [1.165, 1.54) is 13.3 Å². The summed E-state index contributed by atoms with van der Waals surface area (Å²) in [6.07, 6.45) is 4.81. The second-order valence-corrected chi connectivity index (χ2v) is 6.06. The van der Waals surface area contributed by atoms with Gasteiger partial charge in [0.25, 0.3) is 0 Å². The summed E-state index contributed by atoms with van der Waals surface area (Å²) in [5.74, 6) is 1.66. The van der Waals surface area contributed by atoms with Crippen LogP contribution in [0.4, 0.5) is 0 Å². The minimum Gasteiger partial charge on any atom is -0.452 e. The Kier molecular flexibility index (Phi) is 3.92. The number of rotatable bonds is 3. The highest BCUT2D eigenvalue weighted by Crippen LogP contribution is 2.35. The molecule has 3 nitrogen and oxygen atoms in total. The van der Waals surface area contributed by atoms with Crippen molar-refractivity contribution in [2.75, 3.05) is 26.1 Å². The molecule has 0 unspecified atom stereocenters. The maximum absolute atomic E-state index is 11.0. The van der Waals surface area contributed by atoms with E-state index < -0.39 is 13.1 Å². The average molecular weight is 174 g/mol. The third-order valence-electron chi connectivity index (χ3n) is 0.826. The van der Waals surface area contributed by atoms with Gasteiger partial charge in [0.1, 0.15) is 0 Å². The molecular formula is C7H11O3P. The first-order valence-electron chi connectivity index (χ1n) is 3.09. The van der Waals surface area contributed by atoms with E-state index in [1.807, 2.05) is 0 Å². The van der Waals surface area contributed by atoms with E-state index in [9.17, 15) is 9.36 Å². The van der Waals surface area contributed by atoms with Gasteiger partial charge in [-0.15, -0.1) is 6.42 Å². The second kappa shape index (κ2) is 4.20. The molecule has 0 atom stereocenters. The Morgan fingerprint density at radius 2 is 2.18 bits per heavy atom. The van der Waals surface area contributed by atoms with Gasteiger partial charge in [0, 0.05) is 0 Å². The topological polar surface area (TPSA) is 43.4 Å². The smallest absolute Gasteiger partial charge is 0.314 e. The fourth-order valence-electron chi connectivity index (χ4n) is 0.479. The Hall–Kier alpha value is -0.740. The molecule has 11 heavy (non-hydrogen) atoms. The molecule has 0 aliphatic heterocycles. The molecule has 4 heteroatoms. The van der Waals surface area contributed by atoms with Crippen molar-refractivity contribution >= 4 is 13.1 Å². The maximum atomic E-state index is 11.0. The van der Waals surface area contributed by atoms with Gasteiger partial charge in [0.2, 0.25) is 0 Å². The molecule has 0 rings (SSSR count). The predicted octanol–water partition coefficient (Wildman–Crippen LogP) is 0.785. The Labute approximate surface area is 66.5 Å². The van der Waals surface area contributed by atoms with Crippen LogP contribution in [0.1, 0.15) is 0 Å². The van der Waals surface area contributed by atoms with Gasteiger partial charge < -0.3 is 9.30 Å². The van der Waals surface area contributed by atoms with Gasteiger partial charge in [0.05, 0.1) is 13.3 Å². The van der Waals surface area contributed by atoms with Crippen LogP contribution in [0.15, 0.2) is 0 Å². The highest BCUT2D eigenvalue weighted by molar-refractivity contribution is 7.63. The van der Waals surface area contributed by atoms with Crippen LogP contribution in [0.2, 0.25) is 0 Å². The molecule has 0 aliphatic rings. The van der Waals surface area contributed by atoms with Crippen LogP contribution in [0.5, 0.6) is 0 Å². The number of esters is 1. The van der Waals surface area contributed by atoms with Crippen molar-refractivity contribution in [3.63, 3.8) is 0 Å². The van der Waals surface area contributed by atoms with Crippen molar-refractivity contribution in [2.45, 2.75) is 0 Å². The van der Waals surface area contributed by atoms with Gasteiger partial charge in [0.15, 0.2) is 6.61 Å². The average Bonchev–Trinajstić information content (AvgIpc) is 1.79. The first-order valence-corrected chi connectivity index (χ1v) is 5.87. The van der Waals surface area contributed by atoms with Crippen LogP contribution in [-0.2, 0) is 14.1 Å². The monoisotopic (exact) mass is 174 g/mol. The van der Waals surface area contributed by atoms with Crippen LogP contribution in [-0.4, -0.2) is 32.1 Å². The lowest BCUT2D eigenvalue weighted by molar-refractivity contribution is -0.139. The lowest BCUT2D eigenvalue weighted by Crippen LogP contribution is -2.09. The molecule has 62 valence electrons. The molecule has 0 spiro atoms. The number of hydrogen-bond acceptors (Lipinski definition) is 3. The van der Waals surface area contributed by atoms with Gasteiger partial charge in [-0.25, -0.2) is 0 Å². The van der Waals surface area contributed by atoms with Crippen molar-refractivity contribution in [3.05, 3.63) is 0 Å². The molecule has 0 saturated heterocycles. The van der Waals surface area contributed by atoms with E-state index in [0.29, 0.717) is 0 Å². The normalized spacial score (nSPS) is 10.3. The van der Waals surface area contributed by atoms with E-state index in [1.54, 1.807) is 0 Å². The van der Waals surface area contributed by atoms with Gasteiger partial charge in [-0.2, -0.15) is 0 Å². The molecule has 0 amide bonds. The molecule has 0 heterocycles. The van der Waals surface area contributed by atoms with Crippen LogP contribution in [0.25, 0.3) is 0 Å². The zero-order chi connectivity index (χ0) is 8.91. The van der Waals surface area contributed by atoms with Crippen LogP contribution < -0.4 is 0 Å². The molecule has 0 radical (unpaired) electrons. The maximum Gasteiger partial charge on any atom is 0.314 e. The van der Waals surface area contributed by atoms with E-state index in [-0.39, 0.29) is 12.8 Å². The minimum absolute atomic E-state index is 0.0331. The third kappa shape index (κ3) is 7.15. The predicted molar refractivity (Wildman–Crippen MR) is 44.1 cm³/mol. The summed E-state index contributed by atoms with van der Waals surface area (Å²) in [6, 6.07) is 0. The van der Waals surface area contributed by atoms with Crippen molar-refractivity contribution in [3.8, 4) is 12.3 Å². The van der Waals surface area contributed by atoms with E-state index >= 15 is 0 Å². The summed E-state index contributed by atoms with van der Waals surface area (Å²) in [6.45, 7) is 3.02. The largest absolute Gasteiger partial charge is 0.452 e. The number of terminal acetylenes is 1. The SMILES string of the molecule is C#CCOC(=O)CP(C)(C)=O. The zero-order valence-corrected chi connectivity index (χ0v) is 7.56. The highest BCUT2D eigenvalue weighted by Gasteiger charge is 2.14. The van der Waals surface area contributed by atoms with Crippen molar-refractivity contribution in [2.24, 2.45) is 0 Å². The Morgan fingerprint density at radius 3 is 2.55 bits per heavy atom. The number of hydrogen-bond donors (Lipinski definition) is 0. The zero-order valence-electron chi connectivity index (χ0n) is 6.66. The van der Waals surface area contributed by atoms with E-state index in [0.717, 1.165) is 0 Å². The van der Waals surface area contributed by atoms with Gasteiger partial charge in [-0.05, 0) is 13.3 Å². The minimum atomic E-state index is -2.31. The second-order valence-electron chi connectivity index (χ2n) is 2.60. The first kappa shape index (κ1) is 10.3. The Morgan fingerprint density at radius 1 is 1.64 bits per heavy atom. The summed E-state index contributed by atoms with van der Waals surface area (Å²) in [4.78, 5) is 10.7. The molecule has 0 aromatic rings. The fraction of sp³-hybridized carbons (Fsp3) is 0.571. The number of carbonyl (C=O) groups is 1. The first-order chi connectivity index (χ1) is 4.95. The molecule has 0 bridgehead atoms. The highest BCUT2D eigenvalue weighted by atomic mass is 31.2. The van der Waals surface area contributed by atoms with Gasteiger partial charge in [-0.1, -0.05) is 5.92 Å². The van der Waals surface area contributed by atoms with Gasteiger partial charge in [-0.3, -0.25) is 4.79 Å². The third-order valence-corrected chi connectivity index (χ3v) is 1.85. The molecule has 0 aromatic heterocycles. The summed E-state index contributed by atoms with van der Waals surface area (Å²) in [5.41, 5.74) is 0. The Balaban J connectivity index is 3.73. The lowest BCUT2D eigenvalue weighted by Gasteiger charge is -2.04. The summed E-state index contributed by atoms with van der Waals surface area (Å²) in [5, 5.41) is 0. The number of ether oxygens (including phenoxy) is 1. The molecule has 0 N–H and O–H groups in total. The summed E-state index contributed by atoms with van der Waals surface area (Å²) < 4.78 is 15.6. The van der Waals surface area contributed by atoms with Crippen molar-refractivity contribution in [1.29, 1.82) is 0 Å². The molecule has 0 fully saturated rings. The van der Waals surface area contributed by atoms with Crippen LogP contribution in [0, 0.1) is 12.3 Å².